The smallest absolute Gasteiger partial charge is 0.331 e. The Morgan fingerprint density at radius 3 is 2.50 bits per heavy atom. The summed E-state index contributed by atoms with van der Waals surface area (Å²) in [5, 5.41) is 6.57. The Morgan fingerprint density at radius 1 is 1.15 bits per heavy atom. The monoisotopic (exact) mass is 407 g/mol. The van der Waals surface area contributed by atoms with Crippen LogP contribution >= 0.6 is 22.9 Å². The number of thiophene rings is 1. The molecule has 8 heteroatoms. The van der Waals surface area contributed by atoms with Crippen LogP contribution in [-0.2, 0) is 26.2 Å². The maximum Gasteiger partial charge on any atom is 0.331 e. The molecule has 0 aliphatic rings. The Labute approximate surface area is 159 Å². The van der Waals surface area contributed by atoms with E-state index in [1.54, 1.807) is 12.1 Å². The number of primary sulfonamides is 1. The molecule has 0 fully saturated rings. The third-order valence-corrected chi connectivity index (χ3v) is 6.18. The molecule has 0 atom stereocenters. The van der Waals surface area contributed by atoms with Crippen LogP contribution in [-0.4, -0.2) is 14.4 Å². The van der Waals surface area contributed by atoms with Crippen molar-refractivity contribution in [3.63, 3.8) is 0 Å². The number of ether oxygens (including phenoxy) is 1. The topological polar surface area (TPSA) is 86.5 Å². The van der Waals surface area contributed by atoms with Crippen molar-refractivity contribution in [1.82, 2.24) is 0 Å². The summed E-state index contributed by atoms with van der Waals surface area (Å²) in [5.41, 5.74) is 0.647. The van der Waals surface area contributed by atoms with E-state index in [4.69, 9.17) is 21.5 Å². The predicted molar refractivity (Wildman–Crippen MR) is 103 cm³/mol. The first kappa shape index (κ1) is 18.6. The van der Waals surface area contributed by atoms with Crippen LogP contribution in [0.15, 0.2) is 59.5 Å². The van der Waals surface area contributed by atoms with Crippen molar-refractivity contribution in [2.45, 2.75) is 11.5 Å². The standard InChI is InChI=1S/C18H14ClNO4S2/c19-18-14-3-1-2-4-15(14)25-16(18)11-24-17(21)10-7-12-5-8-13(9-6-12)26(20,22)23/h1-10H,11H2,(H2,20,22,23)/b10-7+. The average Bonchev–Trinajstić information content (AvgIpc) is 2.94. The average molecular weight is 408 g/mol. The molecule has 0 saturated carbocycles. The van der Waals surface area contributed by atoms with Gasteiger partial charge in [0.05, 0.1) is 14.8 Å². The maximum absolute atomic E-state index is 11.9. The van der Waals surface area contributed by atoms with Gasteiger partial charge in [0.1, 0.15) is 6.61 Å². The molecule has 0 spiro atoms. The molecule has 3 rings (SSSR count). The van der Waals surface area contributed by atoms with Crippen LogP contribution < -0.4 is 5.14 Å². The van der Waals surface area contributed by atoms with Crippen LogP contribution in [0.25, 0.3) is 16.2 Å². The van der Waals surface area contributed by atoms with Crippen LogP contribution in [0.3, 0.4) is 0 Å². The quantitative estimate of drug-likeness (QED) is 0.512. The molecule has 0 aliphatic carbocycles. The zero-order chi connectivity index (χ0) is 18.7. The van der Waals surface area contributed by atoms with E-state index < -0.39 is 16.0 Å². The molecule has 26 heavy (non-hydrogen) atoms. The minimum atomic E-state index is -3.73. The number of hydrogen-bond donors (Lipinski definition) is 1. The van der Waals surface area contributed by atoms with Gasteiger partial charge in [-0.15, -0.1) is 11.3 Å². The highest BCUT2D eigenvalue weighted by atomic mass is 35.5. The van der Waals surface area contributed by atoms with Gasteiger partial charge in [-0.25, -0.2) is 18.4 Å². The number of hydrogen-bond acceptors (Lipinski definition) is 5. The Bertz CT molecular complexity index is 1090. The Balaban J connectivity index is 1.63. The van der Waals surface area contributed by atoms with Crippen molar-refractivity contribution in [2.24, 2.45) is 5.14 Å². The fourth-order valence-corrected chi connectivity index (χ4v) is 4.19. The summed E-state index contributed by atoms with van der Waals surface area (Å²) < 4.78 is 28.7. The van der Waals surface area contributed by atoms with Gasteiger partial charge in [0.2, 0.25) is 10.0 Å². The van der Waals surface area contributed by atoms with Crippen molar-refractivity contribution in [2.75, 3.05) is 0 Å². The number of sulfonamides is 1. The second kappa shape index (κ2) is 7.59. The molecule has 1 aromatic heterocycles. The first-order valence-electron chi connectivity index (χ1n) is 7.48. The first-order valence-corrected chi connectivity index (χ1v) is 10.2. The van der Waals surface area contributed by atoms with E-state index in [9.17, 15) is 13.2 Å². The molecule has 2 aromatic carbocycles. The van der Waals surface area contributed by atoms with E-state index in [-0.39, 0.29) is 11.5 Å². The molecular weight excluding hydrogens is 394 g/mol. The summed E-state index contributed by atoms with van der Waals surface area (Å²) in [7, 11) is -3.73. The summed E-state index contributed by atoms with van der Waals surface area (Å²) in [6, 6.07) is 13.6. The third-order valence-electron chi connectivity index (χ3n) is 3.57. The molecule has 5 nitrogen and oxygen atoms in total. The minimum absolute atomic E-state index is 0.0108. The highest BCUT2D eigenvalue weighted by molar-refractivity contribution is 7.89. The number of esters is 1. The number of carbonyl (C=O) groups excluding carboxylic acids is 1. The fraction of sp³-hybridized carbons (Fsp3) is 0.0556. The SMILES string of the molecule is NS(=O)(=O)c1ccc(/C=C/C(=O)OCc2sc3ccccc3c2Cl)cc1. The number of nitrogens with two attached hydrogens (primary N) is 1. The lowest BCUT2D eigenvalue weighted by Gasteiger charge is -2.01. The predicted octanol–water partition coefficient (Wildman–Crippen LogP) is 3.96. The van der Waals surface area contributed by atoms with Crippen molar-refractivity contribution in [3.8, 4) is 0 Å². The second-order valence-corrected chi connectivity index (χ2v) is 8.47. The van der Waals surface area contributed by atoms with E-state index >= 15 is 0 Å². The molecule has 0 radical (unpaired) electrons. The number of halogens is 1. The van der Waals surface area contributed by atoms with Crippen LogP contribution in [0.4, 0.5) is 0 Å². The Hall–Kier alpha value is -2.19. The van der Waals surface area contributed by atoms with Gasteiger partial charge in [0.25, 0.3) is 0 Å². The van der Waals surface area contributed by atoms with Gasteiger partial charge in [-0.05, 0) is 29.8 Å². The second-order valence-electron chi connectivity index (χ2n) is 5.39. The maximum atomic E-state index is 11.9. The van der Waals surface area contributed by atoms with E-state index in [0.29, 0.717) is 10.6 Å². The van der Waals surface area contributed by atoms with Gasteiger partial charge in [0, 0.05) is 16.2 Å². The molecule has 1 heterocycles. The molecule has 0 saturated heterocycles. The highest BCUT2D eigenvalue weighted by Crippen LogP contribution is 2.35. The largest absolute Gasteiger partial charge is 0.457 e. The fourth-order valence-electron chi connectivity index (χ4n) is 2.28. The number of carbonyl (C=O) groups is 1. The van der Waals surface area contributed by atoms with Gasteiger partial charge >= 0.3 is 5.97 Å². The zero-order valence-electron chi connectivity index (χ0n) is 13.4. The molecule has 2 N–H and O–H groups in total. The van der Waals surface area contributed by atoms with Gasteiger partial charge in [0.15, 0.2) is 0 Å². The summed E-state index contributed by atoms with van der Waals surface area (Å²) >= 11 is 7.79. The lowest BCUT2D eigenvalue weighted by atomic mass is 10.2. The van der Waals surface area contributed by atoms with Gasteiger partial charge in [-0.2, -0.15) is 0 Å². The van der Waals surface area contributed by atoms with Crippen LogP contribution in [0.2, 0.25) is 5.02 Å². The summed E-state index contributed by atoms with van der Waals surface area (Å²) in [5.74, 6) is -0.519. The van der Waals surface area contributed by atoms with Gasteiger partial charge < -0.3 is 4.74 Å². The van der Waals surface area contributed by atoms with Crippen molar-refractivity contribution < 1.29 is 17.9 Å². The number of fused-ring (bicyclic) bond motifs is 1. The molecule has 134 valence electrons. The van der Waals surface area contributed by atoms with Crippen LogP contribution in [0, 0.1) is 0 Å². The van der Waals surface area contributed by atoms with Crippen LogP contribution in [0.5, 0.6) is 0 Å². The molecule has 3 aromatic rings. The minimum Gasteiger partial charge on any atom is -0.457 e. The zero-order valence-corrected chi connectivity index (χ0v) is 15.8. The Morgan fingerprint density at radius 2 is 1.85 bits per heavy atom. The van der Waals surface area contributed by atoms with E-state index in [1.165, 1.54) is 35.6 Å². The van der Waals surface area contributed by atoms with Crippen molar-refractivity contribution in [3.05, 3.63) is 70.1 Å². The Kier molecular flexibility index (Phi) is 5.43. The van der Waals surface area contributed by atoms with E-state index in [1.807, 2.05) is 24.3 Å². The highest BCUT2D eigenvalue weighted by Gasteiger charge is 2.11. The summed E-state index contributed by atoms with van der Waals surface area (Å²) in [6.45, 7) is 0.0890. The first-order chi connectivity index (χ1) is 12.3. The molecule has 0 unspecified atom stereocenters. The van der Waals surface area contributed by atoms with Crippen molar-refractivity contribution >= 4 is 55.1 Å². The van der Waals surface area contributed by atoms with Gasteiger partial charge in [-0.1, -0.05) is 41.9 Å². The van der Waals surface area contributed by atoms with Gasteiger partial charge in [-0.3, -0.25) is 0 Å². The molecular formula is C18H14ClNO4S2. The molecule has 0 bridgehead atoms. The molecule has 0 amide bonds. The van der Waals surface area contributed by atoms with Crippen LogP contribution in [0.1, 0.15) is 10.4 Å². The van der Waals surface area contributed by atoms with E-state index in [0.717, 1.165) is 15.0 Å². The van der Waals surface area contributed by atoms with E-state index in [2.05, 4.69) is 0 Å². The van der Waals surface area contributed by atoms with Crippen molar-refractivity contribution in [1.29, 1.82) is 0 Å². The molecule has 0 aliphatic heterocycles. The summed E-state index contributed by atoms with van der Waals surface area (Å²) in [6.07, 6.45) is 2.80. The lowest BCUT2D eigenvalue weighted by Crippen LogP contribution is -2.11. The summed E-state index contributed by atoms with van der Waals surface area (Å²) in [4.78, 5) is 12.7. The number of rotatable bonds is 5. The number of benzene rings is 2. The lowest BCUT2D eigenvalue weighted by molar-refractivity contribution is -0.138. The third kappa shape index (κ3) is 4.31. The normalized spacial score (nSPS) is 11.9.